The Morgan fingerprint density at radius 2 is 2.00 bits per heavy atom. The number of hydrogen-bond donors (Lipinski definition) is 1. The van der Waals surface area contributed by atoms with E-state index in [9.17, 15) is 13.2 Å². The van der Waals surface area contributed by atoms with Crippen molar-refractivity contribution in [3.8, 4) is 0 Å². The lowest BCUT2D eigenvalue weighted by Crippen LogP contribution is -2.38. The fourth-order valence-corrected chi connectivity index (χ4v) is 3.22. The van der Waals surface area contributed by atoms with Gasteiger partial charge >= 0.3 is 6.18 Å². The topological polar surface area (TPSA) is 60.0 Å². The molecule has 1 fully saturated rings. The van der Waals surface area contributed by atoms with Crippen LogP contribution in [0.5, 0.6) is 0 Å². The Hall–Kier alpha value is -1.15. The first kappa shape index (κ1) is 13.8. The molecule has 0 bridgehead atoms. The van der Waals surface area contributed by atoms with Gasteiger partial charge in [0, 0.05) is 25.7 Å². The molecule has 0 amide bonds. The highest BCUT2D eigenvalue weighted by atomic mass is 19.4. The van der Waals surface area contributed by atoms with Gasteiger partial charge in [-0.05, 0) is 25.2 Å². The van der Waals surface area contributed by atoms with Gasteiger partial charge in [0.1, 0.15) is 5.82 Å². The fraction of sp³-hybridized carbons (Fsp3) is 0.833. The molecule has 1 aliphatic heterocycles. The highest BCUT2D eigenvalue weighted by Crippen LogP contribution is 2.30. The first-order valence-electron chi connectivity index (χ1n) is 6.90. The van der Waals surface area contributed by atoms with Crippen molar-refractivity contribution in [1.29, 1.82) is 0 Å². The summed E-state index contributed by atoms with van der Waals surface area (Å²) >= 11 is 0. The Morgan fingerprint density at radius 1 is 1.20 bits per heavy atom. The summed E-state index contributed by atoms with van der Waals surface area (Å²) in [6, 6.07) is 0.283. The SMILES string of the molecule is NC1CCC(CN2CCn3c(nnc3C(F)(F)F)C2)C1. The van der Waals surface area contributed by atoms with E-state index in [1.54, 1.807) is 0 Å². The van der Waals surface area contributed by atoms with E-state index in [0.29, 0.717) is 31.4 Å². The quantitative estimate of drug-likeness (QED) is 0.890. The van der Waals surface area contributed by atoms with Crippen molar-refractivity contribution in [3.63, 3.8) is 0 Å². The molecule has 2 unspecified atom stereocenters. The van der Waals surface area contributed by atoms with Crippen molar-refractivity contribution >= 4 is 0 Å². The van der Waals surface area contributed by atoms with Crippen molar-refractivity contribution in [2.75, 3.05) is 13.1 Å². The predicted molar refractivity (Wildman–Crippen MR) is 65.6 cm³/mol. The number of halogens is 3. The van der Waals surface area contributed by atoms with E-state index >= 15 is 0 Å². The summed E-state index contributed by atoms with van der Waals surface area (Å²) in [6.07, 6.45) is -1.26. The number of alkyl halides is 3. The Bertz CT molecular complexity index is 484. The Balaban J connectivity index is 1.66. The summed E-state index contributed by atoms with van der Waals surface area (Å²) in [4.78, 5) is 2.16. The Kier molecular flexibility index (Phi) is 3.45. The first-order valence-corrected chi connectivity index (χ1v) is 6.90. The summed E-state index contributed by atoms with van der Waals surface area (Å²) in [6.45, 7) is 2.24. The average molecular weight is 289 g/mol. The van der Waals surface area contributed by atoms with Gasteiger partial charge in [0.25, 0.3) is 0 Å². The number of rotatable bonds is 2. The molecule has 20 heavy (non-hydrogen) atoms. The van der Waals surface area contributed by atoms with Crippen molar-refractivity contribution in [2.24, 2.45) is 11.7 Å². The molecular weight excluding hydrogens is 271 g/mol. The van der Waals surface area contributed by atoms with Crippen molar-refractivity contribution in [1.82, 2.24) is 19.7 Å². The third kappa shape index (κ3) is 2.67. The zero-order valence-electron chi connectivity index (χ0n) is 11.1. The molecule has 0 spiro atoms. The van der Waals surface area contributed by atoms with Crippen LogP contribution < -0.4 is 5.73 Å². The molecule has 0 aromatic carbocycles. The van der Waals surface area contributed by atoms with Crippen LogP contribution in [0.3, 0.4) is 0 Å². The maximum Gasteiger partial charge on any atom is 0.451 e. The first-order chi connectivity index (χ1) is 9.43. The van der Waals surface area contributed by atoms with E-state index in [1.807, 2.05) is 0 Å². The molecule has 2 heterocycles. The van der Waals surface area contributed by atoms with E-state index in [0.717, 1.165) is 25.8 Å². The molecule has 8 heteroatoms. The van der Waals surface area contributed by atoms with Crippen molar-refractivity contribution in [2.45, 2.75) is 44.6 Å². The number of nitrogens with two attached hydrogens (primary N) is 1. The van der Waals surface area contributed by atoms with Crippen molar-refractivity contribution < 1.29 is 13.2 Å². The van der Waals surface area contributed by atoms with Gasteiger partial charge in [0.15, 0.2) is 0 Å². The van der Waals surface area contributed by atoms with Crippen LogP contribution in [-0.4, -0.2) is 38.8 Å². The molecule has 0 saturated heterocycles. The van der Waals surface area contributed by atoms with Gasteiger partial charge in [0.2, 0.25) is 5.82 Å². The molecule has 3 rings (SSSR count). The monoisotopic (exact) mass is 289 g/mol. The molecule has 112 valence electrons. The summed E-state index contributed by atoms with van der Waals surface area (Å²) in [5, 5.41) is 6.98. The van der Waals surface area contributed by atoms with E-state index < -0.39 is 12.0 Å². The third-order valence-electron chi connectivity index (χ3n) is 4.18. The predicted octanol–water partition coefficient (Wildman–Crippen LogP) is 1.24. The number of hydrogen-bond acceptors (Lipinski definition) is 4. The normalized spacial score (nSPS) is 27.8. The minimum absolute atomic E-state index is 0.283. The zero-order valence-corrected chi connectivity index (χ0v) is 11.1. The van der Waals surface area contributed by atoms with Gasteiger partial charge in [-0.3, -0.25) is 4.90 Å². The molecule has 2 atom stereocenters. The van der Waals surface area contributed by atoms with Crippen LogP contribution in [0.2, 0.25) is 0 Å². The van der Waals surface area contributed by atoms with Crippen LogP contribution in [0, 0.1) is 5.92 Å². The zero-order chi connectivity index (χ0) is 14.3. The second-order valence-corrected chi connectivity index (χ2v) is 5.76. The molecule has 2 N–H and O–H groups in total. The maximum atomic E-state index is 12.7. The third-order valence-corrected chi connectivity index (χ3v) is 4.18. The van der Waals surface area contributed by atoms with Crippen LogP contribution in [0.25, 0.3) is 0 Å². The second kappa shape index (κ2) is 5.00. The average Bonchev–Trinajstić information content (AvgIpc) is 2.94. The second-order valence-electron chi connectivity index (χ2n) is 5.76. The fourth-order valence-electron chi connectivity index (χ4n) is 3.22. The lowest BCUT2D eigenvalue weighted by atomic mass is 10.1. The standard InChI is InChI=1S/C12H18F3N5/c13-12(14,15)11-18-17-10-7-19(3-4-20(10)11)6-8-1-2-9(16)5-8/h8-9H,1-7,16H2. The van der Waals surface area contributed by atoms with Gasteiger partial charge in [-0.2, -0.15) is 13.2 Å². The minimum atomic E-state index is -4.42. The van der Waals surface area contributed by atoms with Crippen molar-refractivity contribution in [3.05, 3.63) is 11.6 Å². The lowest BCUT2D eigenvalue weighted by Gasteiger charge is -2.29. The number of nitrogens with zero attached hydrogens (tertiary/aromatic N) is 4. The number of fused-ring (bicyclic) bond motifs is 1. The van der Waals surface area contributed by atoms with Gasteiger partial charge in [-0.25, -0.2) is 0 Å². The molecule has 0 radical (unpaired) electrons. The highest BCUT2D eigenvalue weighted by Gasteiger charge is 2.39. The van der Waals surface area contributed by atoms with Gasteiger partial charge in [-0.1, -0.05) is 0 Å². The molecule has 1 saturated carbocycles. The van der Waals surface area contributed by atoms with Crippen LogP contribution >= 0.6 is 0 Å². The van der Waals surface area contributed by atoms with Crippen LogP contribution in [-0.2, 0) is 19.3 Å². The van der Waals surface area contributed by atoms with Crippen LogP contribution in [0.1, 0.15) is 30.9 Å². The highest BCUT2D eigenvalue weighted by molar-refractivity contribution is 5.02. The molecule has 2 aliphatic rings. The summed E-state index contributed by atoms with van der Waals surface area (Å²) in [7, 11) is 0. The maximum absolute atomic E-state index is 12.7. The summed E-state index contributed by atoms with van der Waals surface area (Å²) in [5.74, 6) is 0.0856. The van der Waals surface area contributed by atoms with E-state index in [1.165, 1.54) is 4.57 Å². The molecule has 1 aliphatic carbocycles. The Labute approximate surface area is 114 Å². The van der Waals surface area contributed by atoms with Crippen LogP contribution in [0.4, 0.5) is 13.2 Å². The summed E-state index contributed by atoms with van der Waals surface area (Å²) < 4.78 is 39.4. The van der Waals surface area contributed by atoms with Gasteiger partial charge in [0.05, 0.1) is 6.54 Å². The smallest absolute Gasteiger partial charge is 0.328 e. The van der Waals surface area contributed by atoms with E-state index in [4.69, 9.17) is 5.73 Å². The molecular formula is C12H18F3N5. The van der Waals surface area contributed by atoms with Gasteiger partial charge in [-0.15, -0.1) is 10.2 Å². The van der Waals surface area contributed by atoms with Crippen LogP contribution in [0.15, 0.2) is 0 Å². The van der Waals surface area contributed by atoms with Gasteiger partial charge < -0.3 is 10.3 Å². The largest absolute Gasteiger partial charge is 0.451 e. The van der Waals surface area contributed by atoms with E-state index in [-0.39, 0.29) is 6.04 Å². The Morgan fingerprint density at radius 3 is 2.65 bits per heavy atom. The van der Waals surface area contributed by atoms with E-state index in [2.05, 4.69) is 15.1 Å². The summed E-state index contributed by atoms with van der Waals surface area (Å²) in [5.41, 5.74) is 5.89. The minimum Gasteiger partial charge on any atom is -0.328 e. The molecule has 1 aromatic heterocycles. The number of aromatic nitrogens is 3. The lowest BCUT2D eigenvalue weighted by molar-refractivity contribution is -0.148. The molecule has 5 nitrogen and oxygen atoms in total. The molecule has 1 aromatic rings.